The minimum Gasteiger partial charge on any atom is -0.326 e. The van der Waals surface area contributed by atoms with E-state index in [9.17, 15) is 9.59 Å². The van der Waals surface area contributed by atoms with Crippen LogP contribution in [0.2, 0.25) is 0 Å². The Labute approximate surface area is 178 Å². The number of tetrazole rings is 1. The van der Waals surface area contributed by atoms with Crippen LogP contribution in [0, 0.1) is 0 Å². The first kappa shape index (κ1) is 19.8. The highest BCUT2D eigenvalue weighted by Gasteiger charge is 2.28. The van der Waals surface area contributed by atoms with Crippen LogP contribution in [0.5, 0.6) is 0 Å². The number of amides is 2. The van der Waals surface area contributed by atoms with Crippen LogP contribution in [-0.2, 0) is 9.59 Å². The van der Waals surface area contributed by atoms with Crippen LogP contribution in [0.25, 0.3) is 11.8 Å². The van der Waals surface area contributed by atoms with Crippen LogP contribution in [0.3, 0.4) is 0 Å². The third-order valence-electron chi connectivity index (χ3n) is 4.85. The Bertz CT molecular complexity index is 1130. The minimum absolute atomic E-state index is 0.108. The molecule has 0 fully saturated rings. The standard InChI is InChI=1S/C21H20N6O2S/c1-14(28)26-11-10-15-6-3-4-9-18(15)19(26)13-20(29)22-16-7-5-8-17(12-16)27-21(30-2)23-24-25-27/h3-12,19H,13H2,1-2H3,(H,22,29)/t19-/m1/s1. The topological polar surface area (TPSA) is 93.0 Å². The molecule has 0 radical (unpaired) electrons. The second-order valence-electron chi connectivity index (χ2n) is 6.77. The summed E-state index contributed by atoms with van der Waals surface area (Å²) in [6.07, 6.45) is 5.67. The van der Waals surface area contributed by atoms with Crippen LogP contribution in [0.4, 0.5) is 5.69 Å². The Hall–Kier alpha value is -3.46. The van der Waals surface area contributed by atoms with E-state index >= 15 is 0 Å². The molecule has 4 rings (SSSR count). The number of fused-ring (bicyclic) bond motifs is 1. The number of aromatic nitrogens is 4. The molecule has 0 bridgehead atoms. The van der Waals surface area contributed by atoms with Crippen molar-refractivity contribution >= 4 is 35.3 Å². The molecule has 1 atom stereocenters. The number of thioether (sulfide) groups is 1. The fraction of sp³-hybridized carbons (Fsp3) is 0.190. The third-order valence-corrected chi connectivity index (χ3v) is 5.47. The van der Waals surface area contributed by atoms with Crippen LogP contribution >= 0.6 is 11.8 Å². The summed E-state index contributed by atoms with van der Waals surface area (Å²) in [5.74, 6) is -0.292. The molecule has 9 heteroatoms. The van der Waals surface area contributed by atoms with E-state index in [1.165, 1.54) is 18.7 Å². The van der Waals surface area contributed by atoms with Crippen LogP contribution in [0.15, 0.2) is 59.9 Å². The van der Waals surface area contributed by atoms with Crippen molar-refractivity contribution in [2.45, 2.75) is 24.5 Å². The van der Waals surface area contributed by atoms with Gasteiger partial charge in [-0.05, 0) is 52.1 Å². The van der Waals surface area contributed by atoms with Gasteiger partial charge in [-0.3, -0.25) is 9.59 Å². The van der Waals surface area contributed by atoms with E-state index in [1.807, 2.05) is 60.9 Å². The van der Waals surface area contributed by atoms with E-state index in [1.54, 1.807) is 15.8 Å². The van der Waals surface area contributed by atoms with E-state index in [-0.39, 0.29) is 24.3 Å². The van der Waals surface area contributed by atoms with Crippen molar-refractivity contribution in [2.75, 3.05) is 11.6 Å². The lowest BCUT2D eigenvalue weighted by Crippen LogP contribution is -2.33. The Morgan fingerprint density at radius 3 is 2.80 bits per heavy atom. The molecule has 8 nitrogen and oxygen atoms in total. The monoisotopic (exact) mass is 420 g/mol. The average Bonchev–Trinajstić information content (AvgIpc) is 3.23. The maximum absolute atomic E-state index is 12.9. The Morgan fingerprint density at radius 2 is 2.00 bits per heavy atom. The van der Waals surface area contributed by atoms with Gasteiger partial charge < -0.3 is 10.2 Å². The van der Waals surface area contributed by atoms with Crippen LogP contribution < -0.4 is 5.32 Å². The van der Waals surface area contributed by atoms with Gasteiger partial charge in [0.25, 0.3) is 0 Å². The highest BCUT2D eigenvalue weighted by atomic mass is 32.2. The van der Waals surface area contributed by atoms with E-state index < -0.39 is 0 Å². The number of rotatable bonds is 5. The van der Waals surface area contributed by atoms with E-state index in [2.05, 4.69) is 20.8 Å². The molecule has 3 aromatic rings. The SMILES string of the molecule is CSc1nnnn1-c1cccc(NC(=O)C[C@@H]2c3ccccc3C=CN2C(C)=O)c1. The van der Waals surface area contributed by atoms with Crippen molar-refractivity contribution in [2.24, 2.45) is 0 Å². The van der Waals surface area contributed by atoms with Gasteiger partial charge in [0.15, 0.2) is 0 Å². The average molecular weight is 420 g/mol. The number of hydrogen-bond acceptors (Lipinski definition) is 6. The zero-order valence-corrected chi connectivity index (χ0v) is 17.3. The van der Waals surface area contributed by atoms with Gasteiger partial charge in [-0.2, -0.15) is 4.68 Å². The molecule has 0 saturated carbocycles. The molecular weight excluding hydrogens is 400 g/mol. The molecular formula is C21H20N6O2S. The molecule has 1 N–H and O–H groups in total. The number of benzene rings is 2. The summed E-state index contributed by atoms with van der Waals surface area (Å²) < 4.78 is 1.61. The quantitative estimate of drug-likeness (QED) is 0.637. The summed E-state index contributed by atoms with van der Waals surface area (Å²) in [5, 5.41) is 15.2. The molecule has 2 heterocycles. The molecule has 152 valence electrons. The van der Waals surface area contributed by atoms with Crippen molar-refractivity contribution in [3.63, 3.8) is 0 Å². The van der Waals surface area contributed by atoms with Gasteiger partial charge in [0.05, 0.1) is 18.2 Å². The smallest absolute Gasteiger partial charge is 0.226 e. The largest absolute Gasteiger partial charge is 0.326 e. The van der Waals surface area contributed by atoms with E-state index in [0.717, 1.165) is 16.8 Å². The van der Waals surface area contributed by atoms with Gasteiger partial charge in [0, 0.05) is 18.8 Å². The second-order valence-corrected chi connectivity index (χ2v) is 7.54. The summed E-state index contributed by atoms with van der Waals surface area (Å²) in [7, 11) is 0. The third kappa shape index (κ3) is 3.97. The first-order chi connectivity index (χ1) is 14.6. The van der Waals surface area contributed by atoms with Crippen molar-refractivity contribution < 1.29 is 9.59 Å². The van der Waals surface area contributed by atoms with Crippen LogP contribution in [0.1, 0.15) is 30.5 Å². The summed E-state index contributed by atoms with van der Waals surface area (Å²) >= 11 is 1.43. The zero-order valence-electron chi connectivity index (χ0n) is 16.5. The zero-order chi connectivity index (χ0) is 21.1. The Morgan fingerprint density at radius 1 is 1.17 bits per heavy atom. The number of nitrogens with one attached hydrogen (secondary N) is 1. The van der Waals surface area contributed by atoms with Gasteiger partial charge >= 0.3 is 0 Å². The number of nitrogens with zero attached hydrogens (tertiary/aromatic N) is 5. The Kier molecular flexibility index (Phi) is 5.62. The molecule has 2 aromatic carbocycles. The van der Waals surface area contributed by atoms with Gasteiger partial charge in [-0.15, -0.1) is 5.10 Å². The lowest BCUT2D eigenvalue weighted by atomic mass is 9.93. The molecule has 0 spiro atoms. The highest BCUT2D eigenvalue weighted by Crippen LogP contribution is 2.33. The predicted molar refractivity (Wildman–Crippen MR) is 115 cm³/mol. The van der Waals surface area contributed by atoms with Crippen molar-refractivity contribution in [3.05, 3.63) is 65.9 Å². The van der Waals surface area contributed by atoms with E-state index in [0.29, 0.717) is 10.8 Å². The summed E-state index contributed by atoms with van der Waals surface area (Å²) in [6.45, 7) is 1.50. The molecule has 1 aromatic heterocycles. The van der Waals surface area contributed by atoms with Crippen molar-refractivity contribution in [3.8, 4) is 5.69 Å². The van der Waals surface area contributed by atoms with Gasteiger partial charge in [0.2, 0.25) is 17.0 Å². The normalized spacial score (nSPS) is 15.0. The summed E-state index contributed by atoms with van der Waals surface area (Å²) in [4.78, 5) is 26.6. The molecule has 2 amide bonds. The molecule has 1 aliphatic rings. The van der Waals surface area contributed by atoms with Gasteiger partial charge in [-0.25, -0.2) is 0 Å². The lowest BCUT2D eigenvalue weighted by molar-refractivity contribution is -0.129. The molecule has 0 aliphatic carbocycles. The van der Waals surface area contributed by atoms with Crippen molar-refractivity contribution in [1.82, 2.24) is 25.1 Å². The maximum Gasteiger partial charge on any atom is 0.226 e. The fourth-order valence-corrected chi connectivity index (χ4v) is 3.92. The number of anilines is 1. The second kappa shape index (κ2) is 8.50. The minimum atomic E-state index is -0.352. The summed E-state index contributed by atoms with van der Waals surface area (Å²) in [5.41, 5.74) is 3.35. The van der Waals surface area contributed by atoms with Crippen molar-refractivity contribution in [1.29, 1.82) is 0 Å². The molecule has 0 saturated heterocycles. The predicted octanol–water partition coefficient (Wildman–Crippen LogP) is 3.29. The van der Waals surface area contributed by atoms with E-state index in [4.69, 9.17) is 0 Å². The summed E-state index contributed by atoms with van der Waals surface area (Å²) in [6, 6.07) is 14.8. The van der Waals surface area contributed by atoms with Gasteiger partial charge in [0.1, 0.15) is 0 Å². The fourth-order valence-electron chi connectivity index (χ4n) is 3.48. The first-order valence-corrected chi connectivity index (χ1v) is 10.6. The lowest BCUT2D eigenvalue weighted by Gasteiger charge is -2.32. The highest BCUT2D eigenvalue weighted by molar-refractivity contribution is 7.98. The first-order valence-electron chi connectivity index (χ1n) is 9.35. The number of hydrogen-bond donors (Lipinski definition) is 1. The molecule has 30 heavy (non-hydrogen) atoms. The molecule has 1 aliphatic heterocycles. The Balaban J connectivity index is 1.54. The maximum atomic E-state index is 12.9. The number of carbonyl (C=O) groups excluding carboxylic acids is 2. The number of carbonyl (C=O) groups is 2. The van der Waals surface area contributed by atoms with Crippen LogP contribution in [-0.4, -0.2) is 43.2 Å². The van der Waals surface area contributed by atoms with Gasteiger partial charge in [-0.1, -0.05) is 42.1 Å². The molecule has 0 unspecified atom stereocenters.